The highest BCUT2D eigenvalue weighted by molar-refractivity contribution is 7.89. The summed E-state index contributed by atoms with van der Waals surface area (Å²) in [6.07, 6.45) is 1.61. The van der Waals surface area contributed by atoms with Crippen molar-refractivity contribution < 1.29 is 17.6 Å². The van der Waals surface area contributed by atoms with Crippen LogP contribution in [-0.2, 0) is 14.8 Å². The maximum absolute atomic E-state index is 13.0. The van der Waals surface area contributed by atoms with Gasteiger partial charge in [0.1, 0.15) is 11.9 Å². The number of rotatable bonds is 6. The topological polar surface area (TPSA) is 93.5 Å². The van der Waals surface area contributed by atoms with Gasteiger partial charge in [-0.2, -0.15) is 9.57 Å². The van der Waals surface area contributed by atoms with E-state index in [2.05, 4.69) is 11.4 Å². The van der Waals surface area contributed by atoms with Gasteiger partial charge in [0, 0.05) is 19.6 Å². The van der Waals surface area contributed by atoms with Crippen molar-refractivity contribution >= 4 is 15.9 Å². The summed E-state index contributed by atoms with van der Waals surface area (Å²) in [5, 5.41) is 12.2. The Hall–Kier alpha value is -2.02. The fourth-order valence-corrected chi connectivity index (χ4v) is 6.03. The van der Waals surface area contributed by atoms with Crippen molar-refractivity contribution in [2.24, 2.45) is 17.8 Å². The smallest absolute Gasteiger partial charge is 0.243 e. The predicted octanol–water partition coefficient (Wildman–Crippen LogP) is 0.796. The zero-order valence-corrected chi connectivity index (χ0v) is 16.2. The first kappa shape index (κ1) is 19.3. The lowest BCUT2D eigenvalue weighted by Gasteiger charge is -2.21. The summed E-state index contributed by atoms with van der Waals surface area (Å²) >= 11 is 0. The summed E-state index contributed by atoms with van der Waals surface area (Å²) in [6.45, 7) is 2.46. The second kappa shape index (κ2) is 7.43. The SMILES string of the molecule is N#CC1CCCN1C(=O)CNCC1C2CN(S(=O)(=O)c3ccc(F)cc3)CC12. The molecule has 3 atom stereocenters. The van der Waals surface area contributed by atoms with Gasteiger partial charge in [-0.1, -0.05) is 0 Å². The summed E-state index contributed by atoms with van der Waals surface area (Å²) in [6, 6.07) is 6.77. The number of fused-ring (bicyclic) bond motifs is 1. The number of sulfonamides is 1. The van der Waals surface area contributed by atoms with Crippen LogP contribution < -0.4 is 5.32 Å². The number of nitriles is 1. The van der Waals surface area contributed by atoms with Crippen molar-refractivity contribution in [3.8, 4) is 6.07 Å². The summed E-state index contributed by atoms with van der Waals surface area (Å²) in [5.41, 5.74) is 0. The molecule has 0 aromatic heterocycles. The third-order valence-electron chi connectivity index (χ3n) is 6.17. The molecule has 3 aliphatic rings. The number of carbonyl (C=O) groups excluding carboxylic acids is 1. The van der Waals surface area contributed by atoms with Crippen molar-refractivity contribution in [1.82, 2.24) is 14.5 Å². The second-order valence-corrected chi connectivity index (χ2v) is 9.71. The van der Waals surface area contributed by atoms with E-state index in [1.165, 1.54) is 16.4 Å². The van der Waals surface area contributed by atoms with Crippen LogP contribution >= 0.6 is 0 Å². The molecule has 4 rings (SSSR count). The molecule has 28 heavy (non-hydrogen) atoms. The van der Waals surface area contributed by atoms with Gasteiger partial charge in [-0.15, -0.1) is 0 Å². The Bertz CT molecular complexity index is 887. The number of halogens is 1. The summed E-state index contributed by atoms with van der Waals surface area (Å²) in [4.78, 5) is 14.0. The predicted molar refractivity (Wildman–Crippen MR) is 98.8 cm³/mol. The van der Waals surface area contributed by atoms with Crippen molar-refractivity contribution in [3.63, 3.8) is 0 Å². The molecule has 3 fully saturated rings. The van der Waals surface area contributed by atoms with Crippen LogP contribution in [0, 0.1) is 34.9 Å². The maximum Gasteiger partial charge on any atom is 0.243 e. The summed E-state index contributed by atoms with van der Waals surface area (Å²) in [7, 11) is -3.58. The van der Waals surface area contributed by atoms with Gasteiger partial charge in [-0.05, 0) is 61.4 Å². The fraction of sp³-hybridized carbons (Fsp3) is 0.579. The highest BCUT2D eigenvalue weighted by Crippen LogP contribution is 2.52. The average molecular weight is 406 g/mol. The number of carbonyl (C=O) groups is 1. The number of amides is 1. The summed E-state index contributed by atoms with van der Waals surface area (Å²) in [5.74, 6) is 0.472. The minimum atomic E-state index is -3.58. The maximum atomic E-state index is 13.0. The molecule has 0 bridgehead atoms. The van der Waals surface area contributed by atoms with Crippen molar-refractivity contribution in [3.05, 3.63) is 30.1 Å². The molecule has 1 aromatic carbocycles. The highest BCUT2D eigenvalue weighted by Gasteiger charge is 2.57. The molecule has 0 radical (unpaired) electrons. The molecular weight excluding hydrogens is 383 g/mol. The average Bonchev–Trinajstić information content (AvgIpc) is 3.08. The molecule has 9 heteroatoms. The van der Waals surface area contributed by atoms with Crippen molar-refractivity contribution in [2.75, 3.05) is 32.7 Å². The first-order chi connectivity index (χ1) is 13.4. The zero-order chi connectivity index (χ0) is 19.9. The summed E-state index contributed by atoms with van der Waals surface area (Å²) < 4.78 is 39.8. The van der Waals surface area contributed by atoms with Crippen molar-refractivity contribution in [1.29, 1.82) is 5.26 Å². The van der Waals surface area contributed by atoms with E-state index in [1.54, 1.807) is 4.90 Å². The lowest BCUT2D eigenvalue weighted by molar-refractivity contribution is -0.130. The van der Waals surface area contributed by atoms with E-state index >= 15 is 0 Å². The van der Waals surface area contributed by atoms with Crippen LogP contribution in [0.25, 0.3) is 0 Å². The van der Waals surface area contributed by atoms with E-state index in [-0.39, 0.29) is 23.4 Å². The number of hydrogen-bond acceptors (Lipinski definition) is 5. The van der Waals surface area contributed by atoms with Gasteiger partial charge in [0.25, 0.3) is 0 Å². The van der Waals surface area contributed by atoms with E-state index < -0.39 is 15.8 Å². The number of nitrogens with zero attached hydrogens (tertiary/aromatic N) is 3. The molecule has 3 unspecified atom stereocenters. The van der Waals surface area contributed by atoms with Crippen LogP contribution in [0.4, 0.5) is 4.39 Å². The quantitative estimate of drug-likeness (QED) is 0.754. The van der Waals surface area contributed by atoms with Crippen LogP contribution in [0.5, 0.6) is 0 Å². The molecular formula is C19H23FN4O3S. The normalized spacial score (nSPS) is 29.5. The number of nitrogens with one attached hydrogen (secondary N) is 1. The first-order valence-corrected chi connectivity index (χ1v) is 11.0. The van der Waals surface area contributed by atoms with Gasteiger partial charge in [-0.3, -0.25) is 4.79 Å². The van der Waals surface area contributed by atoms with Crippen LogP contribution in [0.15, 0.2) is 29.2 Å². The third-order valence-corrected chi connectivity index (χ3v) is 8.01. The van der Waals surface area contributed by atoms with E-state index in [0.29, 0.717) is 43.9 Å². The fourth-order valence-electron chi connectivity index (χ4n) is 4.51. The molecule has 1 amide bonds. The van der Waals surface area contributed by atoms with Gasteiger partial charge < -0.3 is 10.2 Å². The molecule has 7 nitrogen and oxygen atoms in total. The lowest BCUT2D eigenvalue weighted by Crippen LogP contribution is -2.41. The molecule has 150 valence electrons. The Balaban J connectivity index is 1.24. The number of benzene rings is 1. The van der Waals surface area contributed by atoms with Gasteiger partial charge in [0.05, 0.1) is 17.5 Å². The van der Waals surface area contributed by atoms with Crippen LogP contribution in [0.2, 0.25) is 0 Å². The molecule has 1 aliphatic carbocycles. The monoisotopic (exact) mass is 406 g/mol. The molecule has 2 heterocycles. The Morgan fingerprint density at radius 3 is 2.57 bits per heavy atom. The number of hydrogen-bond donors (Lipinski definition) is 1. The molecule has 1 N–H and O–H groups in total. The van der Waals surface area contributed by atoms with Gasteiger partial charge >= 0.3 is 0 Å². The minimum Gasteiger partial charge on any atom is -0.326 e. The Morgan fingerprint density at radius 1 is 1.25 bits per heavy atom. The minimum absolute atomic E-state index is 0.0460. The standard InChI is InChI=1S/C19H23FN4O3S/c20-13-3-5-15(6-4-13)28(26,27)23-11-17-16(18(17)12-23)9-22-10-19(25)24-7-1-2-14(24)8-21/h3-6,14,16-18,22H,1-2,7,9-12H2. The number of piperidine rings is 1. The largest absolute Gasteiger partial charge is 0.326 e. The Morgan fingerprint density at radius 2 is 1.93 bits per heavy atom. The Kier molecular flexibility index (Phi) is 5.12. The number of likely N-dealkylation sites (tertiary alicyclic amines) is 1. The van der Waals surface area contributed by atoms with E-state index in [1.807, 2.05) is 0 Å². The molecule has 2 saturated heterocycles. The van der Waals surface area contributed by atoms with Crippen LogP contribution in [-0.4, -0.2) is 62.3 Å². The first-order valence-electron chi connectivity index (χ1n) is 9.57. The second-order valence-electron chi connectivity index (χ2n) is 7.77. The molecule has 0 spiro atoms. The highest BCUT2D eigenvalue weighted by atomic mass is 32.2. The lowest BCUT2D eigenvalue weighted by atomic mass is 10.2. The zero-order valence-electron chi connectivity index (χ0n) is 15.4. The van der Waals surface area contributed by atoms with E-state index in [4.69, 9.17) is 5.26 Å². The van der Waals surface area contributed by atoms with Crippen LogP contribution in [0.3, 0.4) is 0 Å². The van der Waals surface area contributed by atoms with Gasteiger partial charge in [0.2, 0.25) is 15.9 Å². The van der Waals surface area contributed by atoms with Crippen LogP contribution in [0.1, 0.15) is 12.8 Å². The van der Waals surface area contributed by atoms with Gasteiger partial charge in [-0.25, -0.2) is 12.8 Å². The molecule has 1 aromatic rings. The van der Waals surface area contributed by atoms with E-state index in [9.17, 15) is 17.6 Å². The Labute approximate surface area is 164 Å². The van der Waals surface area contributed by atoms with Gasteiger partial charge in [0.15, 0.2) is 0 Å². The van der Waals surface area contributed by atoms with Crippen molar-refractivity contribution in [2.45, 2.75) is 23.8 Å². The molecule has 2 aliphatic heterocycles. The third kappa shape index (κ3) is 3.52. The van der Waals surface area contributed by atoms with E-state index in [0.717, 1.165) is 25.0 Å². The molecule has 1 saturated carbocycles.